The molecule has 0 aliphatic carbocycles. The number of carbonyl (C=O) groups is 1. The van der Waals surface area contributed by atoms with E-state index in [-0.39, 0.29) is 5.97 Å². The van der Waals surface area contributed by atoms with Gasteiger partial charge in [-0.15, -0.1) is 6.58 Å². The summed E-state index contributed by atoms with van der Waals surface area (Å²) in [5.41, 5.74) is 2.64. The molecule has 21 heavy (non-hydrogen) atoms. The summed E-state index contributed by atoms with van der Waals surface area (Å²) in [6.07, 6.45) is 2.27. The monoisotopic (exact) mass is 304 g/mol. The molecule has 5 heteroatoms. The topological polar surface area (TPSA) is 44.1 Å². The standard InChI is InChI=1S/C16H17ClN2O2/c1-4-9-19-16(21-12(3)20)14(11(2)18-19)10-13-7-5-6-8-15(13)17/h4-8H,1,9-10H2,2-3H3. The molecule has 0 saturated carbocycles. The number of carbonyl (C=O) groups excluding carboxylic acids is 1. The average Bonchev–Trinajstić information content (AvgIpc) is 2.69. The summed E-state index contributed by atoms with van der Waals surface area (Å²) in [6.45, 7) is 7.43. The van der Waals surface area contributed by atoms with Crippen LogP contribution in [-0.4, -0.2) is 15.7 Å². The van der Waals surface area contributed by atoms with E-state index in [0.717, 1.165) is 16.8 Å². The van der Waals surface area contributed by atoms with Gasteiger partial charge >= 0.3 is 5.97 Å². The molecule has 0 N–H and O–H groups in total. The van der Waals surface area contributed by atoms with Crippen LogP contribution >= 0.6 is 11.6 Å². The number of aromatic nitrogens is 2. The van der Waals surface area contributed by atoms with Crippen LogP contribution in [-0.2, 0) is 17.8 Å². The third kappa shape index (κ3) is 3.52. The molecule has 2 aromatic rings. The lowest BCUT2D eigenvalue weighted by atomic mass is 10.1. The fourth-order valence-electron chi connectivity index (χ4n) is 2.13. The molecule has 1 aromatic carbocycles. The Labute approximate surface area is 129 Å². The van der Waals surface area contributed by atoms with Gasteiger partial charge in [-0.25, -0.2) is 4.68 Å². The molecule has 0 bridgehead atoms. The zero-order valence-corrected chi connectivity index (χ0v) is 12.9. The van der Waals surface area contributed by atoms with E-state index >= 15 is 0 Å². The molecule has 4 nitrogen and oxygen atoms in total. The Kier molecular flexibility index (Phi) is 4.81. The van der Waals surface area contributed by atoms with Gasteiger partial charge in [0.25, 0.3) is 0 Å². The lowest BCUT2D eigenvalue weighted by Crippen LogP contribution is -2.09. The molecule has 1 heterocycles. The van der Waals surface area contributed by atoms with Crippen LogP contribution in [0.2, 0.25) is 5.02 Å². The summed E-state index contributed by atoms with van der Waals surface area (Å²) in [5.74, 6) is 0.0837. The van der Waals surface area contributed by atoms with E-state index in [1.807, 2.05) is 31.2 Å². The van der Waals surface area contributed by atoms with Crippen molar-refractivity contribution in [2.24, 2.45) is 0 Å². The van der Waals surface area contributed by atoms with Crippen LogP contribution in [0.1, 0.15) is 23.7 Å². The smallest absolute Gasteiger partial charge is 0.309 e. The quantitative estimate of drug-likeness (QED) is 0.627. The highest BCUT2D eigenvalue weighted by Crippen LogP contribution is 2.28. The Morgan fingerprint density at radius 3 is 2.81 bits per heavy atom. The minimum Gasteiger partial charge on any atom is -0.408 e. The van der Waals surface area contributed by atoms with Crippen LogP contribution in [0.25, 0.3) is 0 Å². The van der Waals surface area contributed by atoms with Gasteiger partial charge in [0.2, 0.25) is 5.88 Å². The lowest BCUT2D eigenvalue weighted by Gasteiger charge is -2.08. The molecule has 0 saturated heterocycles. The maximum Gasteiger partial charge on any atom is 0.309 e. The largest absolute Gasteiger partial charge is 0.408 e. The van der Waals surface area contributed by atoms with Crippen LogP contribution in [0.15, 0.2) is 36.9 Å². The van der Waals surface area contributed by atoms with E-state index in [9.17, 15) is 4.79 Å². The van der Waals surface area contributed by atoms with Gasteiger partial charge in [-0.3, -0.25) is 4.79 Å². The zero-order valence-electron chi connectivity index (χ0n) is 12.1. The van der Waals surface area contributed by atoms with E-state index in [4.69, 9.17) is 16.3 Å². The van der Waals surface area contributed by atoms with Crippen molar-refractivity contribution in [1.29, 1.82) is 0 Å². The van der Waals surface area contributed by atoms with Gasteiger partial charge in [-0.05, 0) is 18.6 Å². The van der Waals surface area contributed by atoms with Gasteiger partial charge < -0.3 is 4.74 Å². The molecule has 0 fully saturated rings. The Balaban J connectivity index is 2.44. The summed E-state index contributed by atoms with van der Waals surface area (Å²) in [5, 5.41) is 5.09. The summed E-state index contributed by atoms with van der Waals surface area (Å²) in [7, 11) is 0. The molecule has 2 rings (SSSR count). The second kappa shape index (κ2) is 6.59. The number of benzene rings is 1. The first-order valence-electron chi connectivity index (χ1n) is 6.62. The highest BCUT2D eigenvalue weighted by Gasteiger charge is 2.18. The Hall–Kier alpha value is -2.07. The minimum absolute atomic E-state index is 0.374. The van der Waals surface area contributed by atoms with Gasteiger partial charge in [0.05, 0.1) is 12.2 Å². The molecule has 0 radical (unpaired) electrons. The van der Waals surface area contributed by atoms with E-state index in [0.29, 0.717) is 23.9 Å². The molecular formula is C16H17ClN2O2. The first-order chi connectivity index (χ1) is 10.0. The van der Waals surface area contributed by atoms with Crippen LogP contribution in [0.4, 0.5) is 0 Å². The van der Waals surface area contributed by atoms with Crippen LogP contribution in [0.5, 0.6) is 5.88 Å². The van der Waals surface area contributed by atoms with Gasteiger partial charge in [0.1, 0.15) is 0 Å². The summed E-state index contributed by atoms with van der Waals surface area (Å²) in [4.78, 5) is 11.3. The Bertz CT molecular complexity index is 677. The molecule has 0 aliphatic rings. The summed E-state index contributed by atoms with van der Waals surface area (Å²) < 4.78 is 6.97. The van der Waals surface area contributed by atoms with Crippen molar-refractivity contribution < 1.29 is 9.53 Å². The maximum atomic E-state index is 11.3. The Morgan fingerprint density at radius 2 is 2.19 bits per heavy atom. The maximum absolute atomic E-state index is 11.3. The predicted octanol–water partition coefficient (Wildman–Crippen LogP) is 3.55. The van der Waals surface area contributed by atoms with Crippen molar-refractivity contribution in [2.75, 3.05) is 0 Å². The van der Waals surface area contributed by atoms with E-state index < -0.39 is 0 Å². The van der Waals surface area contributed by atoms with Crippen molar-refractivity contribution in [3.8, 4) is 5.88 Å². The first kappa shape index (κ1) is 15.3. The number of rotatable bonds is 5. The van der Waals surface area contributed by atoms with Gasteiger partial charge in [-0.1, -0.05) is 35.9 Å². The fourth-order valence-corrected chi connectivity index (χ4v) is 2.33. The van der Waals surface area contributed by atoms with E-state index in [1.54, 1.807) is 10.8 Å². The normalized spacial score (nSPS) is 10.4. The van der Waals surface area contributed by atoms with Crippen LogP contribution in [0, 0.1) is 6.92 Å². The SMILES string of the molecule is C=CCn1nc(C)c(Cc2ccccc2Cl)c1OC(C)=O. The van der Waals surface area contributed by atoms with E-state index in [2.05, 4.69) is 11.7 Å². The number of hydrogen-bond donors (Lipinski definition) is 0. The third-order valence-electron chi connectivity index (χ3n) is 3.07. The zero-order chi connectivity index (χ0) is 15.4. The van der Waals surface area contributed by atoms with Gasteiger partial charge in [0.15, 0.2) is 0 Å². The first-order valence-corrected chi connectivity index (χ1v) is 6.99. The van der Waals surface area contributed by atoms with Gasteiger partial charge in [0, 0.05) is 23.9 Å². The number of esters is 1. The molecule has 0 unspecified atom stereocenters. The third-order valence-corrected chi connectivity index (χ3v) is 3.44. The van der Waals surface area contributed by atoms with Crippen molar-refractivity contribution in [3.05, 3.63) is 58.8 Å². The molecule has 110 valence electrons. The number of hydrogen-bond acceptors (Lipinski definition) is 3. The lowest BCUT2D eigenvalue weighted by molar-refractivity contribution is -0.132. The second-order valence-electron chi connectivity index (χ2n) is 4.70. The Morgan fingerprint density at radius 1 is 1.48 bits per heavy atom. The molecule has 0 amide bonds. The summed E-state index contributed by atoms with van der Waals surface area (Å²) >= 11 is 6.20. The number of allylic oxidation sites excluding steroid dienone is 1. The summed E-state index contributed by atoms with van der Waals surface area (Å²) in [6, 6.07) is 7.60. The minimum atomic E-state index is -0.374. The molecule has 0 spiro atoms. The van der Waals surface area contributed by atoms with Crippen LogP contribution < -0.4 is 4.74 Å². The van der Waals surface area contributed by atoms with Crippen LogP contribution in [0.3, 0.4) is 0 Å². The highest BCUT2D eigenvalue weighted by molar-refractivity contribution is 6.31. The predicted molar refractivity (Wildman–Crippen MR) is 82.7 cm³/mol. The molecule has 1 aromatic heterocycles. The number of nitrogens with zero attached hydrogens (tertiary/aromatic N) is 2. The van der Waals surface area contributed by atoms with E-state index in [1.165, 1.54) is 6.92 Å². The van der Waals surface area contributed by atoms with Crippen molar-refractivity contribution >= 4 is 17.6 Å². The average molecular weight is 305 g/mol. The van der Waals surface area contributed by atoms with Crippen molar-refractivity contribution in [2.45, 2.75) is 26.8 Å². The number of ether oxygens (including phenoxy) is 1. The number of aryl methyl sites for hydroxylation is 1. The molecule has 0 aliphatic heterocycles. The molecular weight excluding hydrogens is 288 g/mol. The van der Waals surface area contributed by atoms with Gasteiger partial charge in [-0.2, -0.15) is 5.10 Å². The fraction of sp³-hybridized carbons (Fsp3) is 0.250. The van der Waals surface area contributed by atoms with Crippen molar-refractivity contribution in [3.63, 3.8) is 0 Å². The van der Waals surface area contributed by atoms with Crippen molar-refractivity contribution in [1.82, 2.24) is 9.78 Å². The number of halogens is 1. The molecule has 0 atom stereocenters. The second-order valence-corrected chi connectivity index (χ2v) is 5.11. The highest BCUT2D eigenvalue weighted by atomic mass is 35.5.